The second-order valence-corrected chi connectivity index (χ2v) is 5.83. The van der Waals surface area contributed by atoms with E-state index >= 15 is 0 Å². The Morgan fingerprint density at radius 3 is 2.90 bits per heavy atom. The fraction of sp³-hybridized carbons (Fsp3) is 1.00. The normalized spacial score (nSPS) is 29.4. The molecular weight excluding hydrogens is 269 g/mol. The second kappa shape index (κ2) is 7.09. The van der Waals surface area contributed by atoms with Gasteiger partial charge in [0.15, 0.2) is 0 Å². The summed E-state index contributed by atoms with van der Waals surface area (Å²) in [5.41, 5.74) is 0. The van der Waals surface area contributed by atoms with Crippen molar-refractivity contribution in [3.05, 3.63) is 0 Å². The fourth-order valence-corrected chi connectivity index (χ4v) is 3.29. The van der Waals surface area contributed by atoms with Crippen LogP contribution in [0.5, 0.6) is 0 Å². The lowest BCUT2D eigenvalue weighted by Crippen LogP contribution is -2.54. The Morgan fingerprint density at radius 1 is 1.40 bits per heavy atom. The zero-order chi connectivity index (χ0) is 14.6. The fourth-order valence-electron chi connectivity index (χ4n) is 3.29. The minimum atomic E-state index is -4.05. The smallest absolute Gasteiger partial charge is 0.374 e. The number of nitrogens with zero attached hydrogens (tertiary/aromatic N) is 1. The van der Waals surface area contributed by atoms with Crippen LogP contribution in [0.25, 0.3) is 0 Å². The highest BCUT2D eigenvalue weighted by Crippen LogP contribution is 2.27. The first kappa shape index (κ1) is 16.0. The first-order valence-electron chi connectivity index (χ1n) is 7.65. The van der Waals surface area contributed by atoms with Gasteiger partial charge in [-0.25, -0.2) is 0 Å². The van der Waals surface area contributed by atoms with Gasteiger partial charge in [0.05, 0.1) is 12.7 Å². The molecule has 0 bridgehead atoms. The number of nitrogens with one attached hydrogen (secondary N) is 1. The van der Waals surface area contributed by atoms with Crippen LogP contribution in [0.2, 0.25) is 0 Å². The molecule has 0 saturated carbocycles. The quantitative estimate of drug-likeness (QED) is 0.815. The van der Waals surface area contributed by atoms with E-state index in [4.69, 9.17) is 4.74 Å². The topological polar surface area (TPSA) is 24.5 Å². The monoisotopic (exact) mass is 294 g/mol. The van der Waals surface area contributed by atoms with E-state index in [2.05, 4.69) is 10.2 Å². The molecule has 0 aliphatic carbocycles. The molecule has 0 spiro atoms. The van der Waals surface area contributed by atoms with Crippen molar-refractivity contribution in [3.8, 4) is 0 Å². The van der Waals surface area contributed by atoms with Crippen LogP contribution in [0, 0.1) is 0 Å². The summed E-state index contributed by atoms with van der Waals surface area (Å²) >= 11 is 0. The number of ether oxygens (including phenoxy) is 1. The first-order valence-corrected chi connectivity index (χ1v) is 7.65. The van der Waals surface area contributed by atoms with Crippen molar-refractivity contribution in [2.24, 2.45) is 0 Å². The summed E-state index contributed by atoms with van der Waals surface area (Å²) in [5, 5.41) is 3.30. The van der Waals surface area contributed by atoms with Crippen LogP contribution in [-0.4, -0.2) is 55.5 Å². The van der Waals surface area contributed by atoms with Gasteiger partial charge < -0.3 is 10.1 Å². The van der Waals surface area contributed by atoms with E-state index in [0.717, 1.165) is 26.2 Å². The van der Waals surface area contributed by atoms with Gasteiger partial charge in [0.2, 0.25) is 0 Å². The standard InChI is InChI=1S/C14H25F3N2O/c1-2-18-12(6-3-7-14(15,16)17)13-9-19-8-4-5-11(19)10-20-13/h11-13,18H,2-10H2,1H3. The molecular formula is C14H25F3N2O. The predicted octanol–water partition coefficient (Wildman–Crippen LogP) is 2.56. The molecule has 0 aromatic carbocycles. The van der Waals surface area contributed by atoms with E-state index in [1.807, 2.05) is 6.92 Å². The van der Waals surface area contributed by atoms with Crippen LogP contribution >= 0.6 is 0 Å². The minimum absolute atomic E-state index is 0.0255. The molecule has 6 heteroatoms. The summed E-state index contributed by atoms with van der Waals surface area (Å²) in [4.78, 5) is 2.43. The van der Waals surface area contributed by atoms with Crippen LogP contribution < -0.4 is 5.32 Å². The third kappa shape index (κ3) is 4.60. The highest BCUT2D eigenvalue weighted by atomic mass is 19.4. The van der Waals surface area contributed by atoms with Crippen molar-refractivity contribution in [1.29, 1.82) is 0 Å². The number of rotatable bonds is 6. The van der Waals surface area contributed by atoms with Crippen LogP contribution in [-0.2, 0) is 4.74 Å². The minimum Gasteiger partial charge on any atom is -0.374 e. The number of halogens is 3. The summed E-state index contributed by atoms with van der Waals surface area (Å²) in [5.74, 6) is 0. The van der Waals surface area contributed by atoms with Crippen LogP contribution in [0.4, 0.5) is 13.2 Å². The van der Waals surface area contributed by atoms with E-state index in [1.165, 1.54) is 12.8 Å². The number of fused-ring (bicyclic) bond motifs is 1. The number of morpholine rings is 1. The van der Waals surface area contributed by atoms with Gasteiger partial charge in [-0.15, -0.1) is 0 Å². The molecule has 2 heterocycles. The summed E-state index contributed by atoms with van der Waals surface area (Å²) in [7, 11) is 0. The number of hydrogen-bond acceptors (Lipinski definition) is 3. The molecule has 0 aromatic rings. The number of likely N-dealkylation sites (N-methyl/N-ethyl adjacent to an activating group) is 1. The second-order valence-electron chi connectivity index (χ2n) is 5.83. The third-order valence-corrected chi connectivity index (χ3v) is 4.31. The van der Waals surface area contributed by atoms with Gasteiger partial charge in [0, 0.05) is 25.0 Å². The highest BCUT2D eigenvalue weighted by Gasteiger charge is 2.36. The summed E-state index contributed by atoms with van der Waals surface area (Å²) in [6.07, 6.45) is -1.63. The molecule has 2 fully saturated rings. The van der Waals surface area contributed by atoms with Crippen molar-refractivity contribution < 1.29 is 17.9 Å². The maximum atomic E-state index is 12.3. The van der Waals surface area contributed by atoms with Crippen LogP contribution in [0.1, 0.15) is 39.0 Å². The predicted molar refractivity (Wildman–Crippen MR) is 71.7 cm³/mol. The molecule has 2 aliphatic rings. The largest absolute Gasteiger partial charge is 0.389 e. The van der Waals surface area contributed by atoms with E-state index < -0.39 is 12.6 Å². The van der Waals surface area contributed by atoms with E-state index in [9.17, 15) is 13.2 Å². The van der Waals surface area contributed by atoms with E-state index in [-0.39, 0.29) is 18.6 Å². The molecule has 118 valence electrons. The Bertz CT molecular complexity index is 299. The van der Waals surface area contributed by atoms with E-state index in [0.29, 0.717) is 12.5 Å². The molecule has 3 unspecified atom stereocenters. The average Bonchev–Trinajstić information content (AvgIpc) is 2.83. The summed E-state index contributed by atoms with van der Waals surface area (Å²) in [6.45, 7) is 5.43. The maximum Gasteiger partial charge on any atom is 0.389 e. The lowest BCUT2D eigenvalue weighted by atomic mass is 10.0. The van der Waals surface area contributed by atoms with Gasteiger partial charge in [0.25, 0.3) is 0 Å². The third-order valence-electron chi connectivity index (χ3n) is 4.31. The lowest BCUT2D eigenvalue weighted by molar-refractivity contribution is -0.136. The SMILES string of the molecule is CCNC(CCCC(F)(F)F)C1CN2CCCC2CO1. The molecule has 2 saturated heterocycles. The highest BCUT2D eigenvalue weighted by molar-refractivity contribution is 4.90. The van der Waals surface area contributed by atoms with Crippen molar-refractivity contribution in [1.82, 2.24) is 10.2 Å². The van der Waals surface area contributed by atoms with Gasteiger partial charge >= 0.3 is 6.18 Å². The van der Waals surface area contributed by atoms with Gasteiger partial charge in [-0.2, -0.15) is 13.2 Å². The van der Waals surface area contributed by atoms with Crippen molar-refractivity contribution >= 4 is 0 Å². The molecule has 2 rings (SSSR count). The molecule has 0 aromatic heterocycles. The lowest BCUT2D eigenvalue weighted by Gasteiger charge is -2.39. The van der Waals surface area contributed by atoms with Gasteiger partial charge in [0.1, 0.15) is 0 Å². The molecule has 1 N–H and O–H groups in total. The van der Waals surface area contributed by atoms with Gasteiger partial charge in [-0.3, -0.25) is 4.90 Å². The maximum absolute atomic E-state index is 12.3. The zero-order valence-electron chi connectivity index (χ0n) is 12.1. The molecule has 20 heavy (non-hydrogen) atoms. The molecule has 0 amide bonds. The Kier molecular flexibility index (Phi) is 5.69. The Morgan fingerprint density at radius 2 is 2.20 bits per heavy atom. The first-order chi connectivity index (χ1) is 9.49. The van der Waals surface area contributed by atoms with Crippen molar-refractivity contribution in [2.75, 3.05) is 26.2 Å². The summed E-state index contributed by atoms with van der Waals surface area (Å²) in [6, 6.07) is 0.563. The average molecular weight is 294 g/mol. The Hall–Kier alpha value is -0.330. The van der Waals surface area contributed by atoms with Crippen LogP contribution in [0.3, 0.4) is 0 Å². The van der Waals surface area contributed by atoms with Crippen molar-refractivity contribution in [3.63, 3.8) is 0 Å². The Labute approximate surface area is 118 Å². The molecule has 0 radical (unpaired) electrons. The molecule has 3 nitrogen and oxygen atoms in total. The van der Waals surface area contributed by atoms with Crippen LogP contribution in [0.15, 0.2) is 0 Å². The van der Waals surface area contributed by atoms with Crippen molar-refractivity contribution in [2.45, 2.75) is 63.4 Å². The number of alkyl halides is 3. The van der Waals surface area contributed by atoms with E-state index in [1.54, 1.807) is 0 Å². The number of hydrogen-bond donors (Lipinski definition) is 1. The van der Waals surface area contributed by atoms with Gasteiger partial charge in [-0.1, -0.05) is 6.92 Å². The molecule has 2 aliphatic heterocycles. The summed E-state index contributed by atoms with van der Waals surface area (Å²) < 4.78 is 42.7. The zero-order valence-corrected chi connectivity index (χ0v) is 12.1. The van der Waals surface area contributed by atoms with Gasteiger partial charge in [-0.05, 0) is 38.8 Å². The molecule has 3 atom stereocenters. The Balaban J connectivity index is 1.81.